The molecule has 4 amide bonds. The van der Waals surface area contributed by atoms with Crippen molar-refractivity contribution in [2.24, 2.45) is 5.92 Å². The van der Waals surface area contributed by atoms with Crippen molar-refractivity contribution in [3.8, 4) is 0 Å². The number of amides is 4. The van der Waals surface area contributed by atoms with Crippen molar-refractivity contribution in [2.75, 3.05) is 119 Å². The number of carbonyl (C=O) groups is 18. The summed E-state index contributed by atoms with van der Waals surface area (Å²) in [4.78, 5) is 258. The van der Waals surface area contributed by atoms with Gasteiger partial charge < -0.3 is 87.1 Å². The van der Waals surface area contributed by atoms with Crippen molar-refractivity contribution < 1.29 is 173 Å². The molecule has 44 heteroatoms. The van der Waals surface area contributed by atoms with Crippen LogP contribution >= 0.6 is 0 Å². The van der Waals surface area contributed by atoms with Gasteiger partial charge in [0.25, 0.3) is 0 Å². The molecule has 0 unspecified atom stereocenters. The van der Waals surface area contributed by atoms with Crippen molar-refractivity contribution in [1.82, 2.24) is 23.5 Å². The molecule has 3 heterocycles. The molecule has 0 atom stereocenters. The zero-order chi connectivity index (χ0) is 99.1. The highest BCUT2D eigenvalue weighted by Crippen LogP contribution is 2.23. The van der Waals surface area contributed by atoms with Crippen LogP contribution in [-0.4, -0.2) is 275 Å². The number of hydrogen-bond acceptors (Lipinski definition) is 38. The van der Waals surface area contributed by atoms with Crippen LogP contribution in [0.5, 0.6) is 0 Å². The lowest BCUT2D eigenvalue weighted by atomic mass is 10.00. The maximum Gasteiger partial charge on any atom is 0.346 e. The van der Waals surface area contributed by atoms with Gasteiger partial charge in [-0.05, 0) is 102 Å². The van der Waals surface area contributed by atoms with E-state index in [0.29, 0.717) is 30.4 Å². The van der Waals surface area contributed by atoms with Gasteiger partial charge in [0, 0.05) is 34.5 Å². The van der Waals surface area contributed by atoms with Crippen LogP contribution in [0.15, 0.2) is 196 Å². The molecule has 1 aromatic heterocycles. The number of carboxylic acids is 1. The molecule has 44 nitrogen and oxygen atoms in total. The standard InChI is InChI=1S/C51H51N3O21.C14H14O6.C10H16N2O6.C8H4O3.C6H10O3.CH4/c1-31(2)40(55)70-25-28-73-46(61)37-16-10-7-13-34(37)43(58)67-22-19-52-49(64)53(20-23-68-44(59)35-14-8-11-17-38(35)47(62)74-29-26-71-41(56)32(3)4)51(66)54(50(52)65)21-24-69-45(60)36-15-9-12-18-39(36)48(63)75-30-27-72-42(57)33(5)6;1-9(2)13(17)19-7-8-20-14(18)11-6-4-3-5-10(11)12(15)16;13-4-1-7-8(16)11(2-5-14)10(18)12(3-6-15)9(7)17;9-7-5-3-1-2-4-6(5)8(10)11-7;1-5(2)6(8)9-4-3-7;/h7-18H,1,3,5,19-30H2,2,4,6H3;3-6H,1,7-8H2,2H3,(H,15,16);7,13-15H,1-6H2;1-4H;7H,1,3-4H2,2H3;1H4. The molecule has 0 spiro atoms. The van der Waals surface area contributed by atoms with Crippen molar-refractivity contribution in [3.63, 3.8) is 0 Å². The predicted molar refractivity (Wildman–Crippen MR) is 461 cm³/mol. The minimum atomic E-state index is -1.26. The number of hydrogen-bond donors (Lipinski definition) is 5. The average Bonchev–Trinajstić information content (AvgIpc) is 0.830. The first-order chi connectivity index (χ1) is 63.2. The fourth-order valence-corrected chi connectivity index (χ4v) is 10.5. The summed E-state index contributed by atoms with van der Waals surface area (Å²) in [6.07, 6.45) is -0.0885. The number of aromatic carboxylic acids is 1. The molecule has 2 aliphatic rings. The number of aliphatic hydroxyl groups excluding tert-OH is 4. The number of nitrogens with zero attached hydrogens (tertiary/aromatic N) is 5. The number of urea groups is 1. The zero-order valence-corrected chi connectivity index (χ0v) is 72.6. The Morgan fingerprint density at radius 2 is 0.515 bits per heavy atom. The summed E-state index contributed by atoms with van der Waals surface area (Å²) in [5.74, 6) is -15.1. The van der Waals surface area contributed by atoms with Gasteiger partial charge in [0.2, 0.25) is 11.8 Å². The Balaban J connectivity index is 0.000000617. The summed E-state index contributed by atoms with van der Waals surface area (Å²) in [6.45, 7) is 16.2. The van der Waals surface area contributed by atoms with E-state index >= 15 is 0 Å². The van der Waals surface area contributed by atoms with Gasteiger partial charge in [-0.25, -0.2) is 105 Å². The van der Waals surface area contributed by atoms with E-state index in [-0.39, 0.29) is 166 Å². The number of β-amino-alcohol motifs (C(OH)–C–C–N with tert-alkyl or cyclic N) is 2. The van der Waals surface area contributed by atoms with Gasteiger partial charge in [0.1, 0.15) is 85.2 Å². The average molecular weight is 1870 g/mol. The third kappa shape index (κ3) is 34.7. The van der Waals surface area contributed by atoms with Gasteiger partial charge in [0.15, 0.2) is 0 Å². The number of benzene rings is 5. The van der Waals surface area contributed by atoms with Crippen LogP contribution < -0.4 is 17.1 Å². The summed E-state index contributed by atoms with van der Waals surface area (Å²) < 4.78 is 65.9. The first-order valence-corrected chi connectivity index (χ1v) is 39.6. The van der Waals surface area contributed by atoms with Gasteiger partial charge in [-0.15, -0.1) is 0 Å². The zero-order valence-electron chi connectivity index (χ0n) is 72.6. The van der Waals surface area contributed by atoms with E-state index in [9.17, 15) is 101 Å². The number of carbonyl (C=O) groups excluding carboxylic acids is 17. The second-order valence-electron chi connectivity index (χ2n) is 27.0. The molecule has 718 valence electrons. The largest absolute Gasteiger partial charge is 0.478 e. The van der Waals surface area contributed by atoms with Crippen LogP contribution in [0.3, 0.4) is 0 Å². The molecule has 5 aromatic carbocycles. The maximum absolute atomic E-state index is 13.9. The second-order valence-corrected chi connectivity index (χ2v) is 27.0. The lowest BCUT2D eigenvalue weighted by molar-refractivity contribution is -0.151. The normalized spacial score (nSPS) is 11.5. The number of barbiturate groups is 1. The Labute approximate surface area is 763 Å². The second kappa shape index (κ2) is 57.8. The Hall–Kier alpha value is -16.1. The first-order valence-electron chi connectivity index (χ1n) is 39.6. The minimum absolute atomic E-state index is 0. The van der Waals surface area contributed by atoms with E-state index in [0.717, 1.165) is 9.80 Å². The SMILES string of the molecule is C.C=C(C)C(=O)OCCO.C=C(C)C(=O)OCCOC(=O)c1ccccc1C(=O)O.C=C(C)C(=O)OCCOC(=O)c1ccccc1C(=O)OCCn1c(=O)n(CCOC(=O)c2ccccc2C(=O)OCCOC(=O)C(=C)C)c(=O)n(CCOC(=O)c2ccccc2C(=O)OCCOC(=O)C(=C)C)c1=O.O=C1C(CCO)C(=O)N(CCO)C(=O)N1CCO.O=C1OC(=O)c2ccccc21. The van der Waals surface area contributed by atoms with E-state index in [2.05, 4.69) is 42.4 Å². The third-order valence-corrected chi connectivity index (χ3v) is 17.0. The molecular weight excluding hydrogens is 1770 g/mol. The highest BCUT2D eigenvalue weighted by Gasteiger charge is 2.45. The molecule has 6 aromatic rings. The van der Waals surface area contributed by atoms with Gasteiger partial charge >= 0.3 is 113 Å². The fourth-order valence-electron chi connectivity index (χ4n) is 10.5. The summed E-state index contributed by atoms with van der Waals surface area (Å²) in [7, 11) is 0. The van der Waals surface area contributed by atoms with E-state index in [1.165, 1.54) is 125 Å². The van der Waals surface area contributed by atoms with Crippen molar-refractivity contribution >= 4 is 107 Å². The Morgan fingerprint density at radius 1 is 0.299 bits per heavy atom. The number of esters is 14. The van der Waals surface area contributed by atoms with E-state index in [1.807, 2.05) is 0 Å². The molecule has 134 heavy (non-hydrogen) atoms. The highest BCUT2D eigenvalue weighted by atomic mass is 16.6. The number of cyclic esters (lactones) is 2. The molecule has 0 aliphatic carbocycles. The molecule has 5 N–H and O–H groups in total. The summed E-state index contributed by atoms with van der Waals surface area (Å²) in [6, 6.07) is 27.4. The maximum atomic E-state index is 13.9. The lowest BCUT2D eigenvalue weighted by Crippen LogP contribution is -2.60. The van der Waals surface area contributed by atoms with E-state index in [1.54, 1.807) is 31.2 Å². The number of aliphatic hydroxyl groups is 4. The third-order valence-electron chi connectivity index (χ3n) is 17.0. The molecule has 0 saturated carbocycles. The van der Waals surface area contributed by atoms with Gasteiger partial charge in [-0.2, -0.15) is 0 Å². The van der Waals surface area contributed by atoms with Crippen LogP contribution in [-0.2, 0) is 115 Å². The smallest absolute Gasteiger partial charge is 0.346 e. The molecule has 8 rings (SSSR count). The van der Waals surface area contributed by atoms with Gasteiger partial charge in [-0.3, -0.25) is 19.4 Å². The summed E-state index contributed by atoms with van der Waals surface area (Å²) in [5.41, 5.74) is -3.88. The van der Waals surface area contributed by atoms with Crippen LogP contribution in [0.1, 0.15) is 152 Å². The molecular formula is C90H99N5O39. The molecule has 0 radical (unpaired) electrons. The Kier molecular flexibility index (Phi) is 48.3. The number of rotatable bonds is 42. The molecule has 2 aliphatic heterocycles. The van der Waals surface area contributed by atoms with Crippen molar-refractivity contribution in [2.45, 2.75) is 68.1 Å². The summed E-state index contributed by atoms with van der Waals surface area (Å²) >= 11 is 0. The molecule has 1 fully saturated rings. The number of imide groups is 2. The van der Waals surface area contributed by atoms with Crippen LogP contribution in [0.4, 0.5) is 4.79 Å². The van der Waals surface area contributed by atoms with Gasteiger partial charge in [0.05, 0.1) is 108 Å². The highest BCUT2D eigenvalue weighted by molar-refractivity contribution is 6.16. The number of carboxylic acid groups (broad SMARTS) is 1. The van der Waals surface area contributed by atoms with Crippen LogP contribution in [0.2, 0.25) is 0 Å². The topological polar surface area (TPSA) is 601 Å². The minimum Gasteiger partial charge on any atom is -0.478 e. The number of aromatic nitrogens is 3. The predicted octanol–water partition coefficient (Wildman–Crippen LogP) is 3.72. The summed E-state index contributed by atoms with van der Waals surface area (Å²) in [5, 5.41) is 43.6. The van der Waals surface area contributed by atoms with Crippen LogP contribution in [0, 0.1) is 5.92 Å². The number of ether oxygens (including phenoxy) is 13. The molecule has 0 bridgehead atoms. The quantitative estimate of drug-likeness (QED) is 0.0120. The van der Waals surface area contributed by atoms with E-state index < -0.39 is 183 Å². The molecule has 1 saturated heterocycles. The number of fused-ring (bicyclic) bond motifs is 1. The monoisotopic (exact) mass is 1870 g/mol. The van der Waals surface area contributed by atoms with Crippen molar-refractivity contribution in [3.05, 3.63) is 269 Å². The first kappa shape index (κ1) is 112. The van der Waals surface area contributed by atoms with Gasteiger partial charge in [-0.1, -0.05) is 101 Å². The lowest BCUT2D eigenvalue weighted by Gasteiger charge is -2.36. The fraction of sp³-hybridized carbons (Fsp3) is 0.322. The van der Waals surface area contributed by atoms with E-state index in [4.69, 9.17) is 77.6 Å². The Bertz CT molecular complexity index is 5120. The van der Waals surface area contributed by atoms with Crippen LogP contribution in [0.25, 0.3) is 0 Å². The Morgan fingerprint density at radius 3 is 0.739 bits per heavy atom. The van der Waals surface area contributed by atoms with Crippen molar-refractivity contribution in [1.29, 1.82) is 0 Å².